The average Bonchev–Trinajstić information content (AvgIpc) is 2.70. The molecule has 0 heterocycles. The molecule has 144 valence electrons. The lowest BCUT2D eigenvalue weighted by atomic mass is 10.1. The Hall–Kier alpha value is -3.13. The first kappa shape index (κ1) is 20.2. The van der Waals surface area contributed by atoms with Crippen molar-refractivity contribution in [3.63, 3.8) is 0 Å². The van der Waals surface area contributed by atoms with Gasteiger partial charge in [-0.2, -0.15) is 0 Å². The SMILES string of the molecule is COc1ccc(Cl)cc1/C(N)=N/OC(=O)c1ccc(OC)c(OC)c1OC. The average molecular weight is 395 g/mol. The summed E-state index contributed by atoms with van der Waals surface area (Å²) in [4.78, 5) is 17.4. The Morgan fingerprint density at radius 3 is 2.11 bits per heavy atom. The summed E-state index contributed by atoms with van der Waals surface area (Å²) in [5, 5.41) is 4.10. The number of halogens is 1. The topological polar surface area (TPSA) is 102 Å². The van der Waals surface area contributed by atoms with Crippen LogP contribution in [0.15, 0.2) is 35.5 Å². The van der Waals surface area contributed by atoms with Crippen molar-refractivity contribution < 1.29 is 28.6 Å². The number of nitrogens with zero attached hydrogens (tertiary/aromatic N) is 1. The molecule has 2 aromatic carbocycles. The number of benzene rings is 2. The summed E-state index contributed by atoms with van der Waals surface area (Å²) < 4.78 is 20.9. The Bertz CT molecular complexity index is 869. The molecule has 0 saturated carbocycles. The van der Waals surface area contributed by atoms with E-state index in [0.717, 1.165) is 0 Å². The quantitative estimate of drug-likeness (QED) is 0.333. The van der Waals surface area contributed by atoms with Crippen molar-refractivity contribution in [2.45, 2.75) is 0 Å². The molecular weight excluding hydrogens is 376 g/mol. The molecule has 0 aliphatic carbocycles. The molecule has 9 heteroatoms. The van der Waals surface area contributed by atoms with Crippen LogP contribution >= 0.6 is 11.6 Å². The van der Waals surface area contributed by atoms with Crippen molar-refractivity contribution in [1.82, 2.24) is 0 Å². The van der Waals surface area contributed by atoms with Gasteiger partial charge in [0.1, 0.15) is 11.3 Å². The molecule has 0 aliphatic heterocycles. The number of hydrogen-bond donors (Lipinski definition) is 1. The molecule has 2 N–H and O–H groups in total. The van der Waals surface area contributed by atoms with Gasteiger partial charge in [0.2, 0.25) is 5.75 Å². The minimum atomic E-state index is -0.795. The standard InChI is InChI=1S/C18H19ClN2O6/c1-23-13-7-5-10(19)9-12(13)17(20)21-27-18(22)11-6-8-14(24-2)16(26-4)15(11)25-3/h5-9H,1-4H3,(H2,20,21). The molecule has 0 saturated heterocycles. The molecule has 0 radical (unpaired) electrons. The van der Waals surface area contributed by atoms with Crippen LogP contribution in [0, 0.1) is 0 Å². The molecule has 0 bridgehead atoms. The zero-order chi connectivity index (χ0) is 20.0. The van der Waals surface area contributed by atoms with Gasteiger partial charge in [-0.25, -0.2) is 4.79 Å². The fraction of sp³-hybridized carbons (Fsp3) is 0.222. The van der Waals surface area contributed by atoms with Crippen LogP contribution < -0.4 is 24.7 Å². The van der Waals surface area contributed by atoms with Crippen LogP contribution in [-0.2, 0) is 4.84 Å². The largest absolute Gasteiger partial charge is 0.496 e. The second-order valence-corrected chi connectivity index (χ2v) is 5.52. The molecular formula is C18H19ClN2O6. The first-order valence-corrected chi connectivity index (χ1v) is 8.02. The normalized spacial score (nSPS) is 10.9. The van der Waals surface area contributed by atoms with E-state index in [1.54, 1.807) is 24.3 Å². The molecule has 2 aromatic rings. The van der Waals surface area contributed by atoms with Crippen molar-refractivity contribution in [3.8, 4) is 23.0 Å². The highest BCUT2D eigenvalue weighted by atomic mass is 35.5. The number of oxime groups is 1. The van der Waals surface area contributed by atoms with Gasteiger partial charge in [0.25, 0.3) is 0 Å². The Kier molecular flexibility index (Phi) is 6.73. The first-order valence-electron chi connectivity index (χ1n) is 7.64. The summed E-state index contributed by atoms with van der Waals surface area (Å²) in [6.07, 6.45) is 0. The maximum absolute atomic E-state index is 12.4. The lowest BCUT2D eigenvalue weighted by Crippen LogP contribution is -2.16. The zero-order valence-electron chi connectivity index (χ0n) is 15.2. The zero-order valence-corrected chi connectivity index (χ0v) is 16.0. The Morgan fingerprint density at radius 2 is 1.52 bits per heavy atom. The van der Waals surface area contributed by atoms with E-state index >= 15 is 0 Å². The molecule has 0 aliphatic rings. The van der Waals surface area contributed by atoms with E-state index < -0.39 is 5.97 Å². The highest BCUT2D eigenvalue weighted by Crippen LogP contribution is 2.40. The summed E-state index contributed by atoms with van der Waals surface area (Å²) in [5.74, 6) is 0.357. The Labute approximate surface area is 161 Å². The van der Waals surface area contributed by atoms with Crippen LogP contribution in [0.25, 0.3) is 0 Å². The Morgan fingerprint density at radius 1 is 0.889 bits per heavy atom. The number of carbonyl (C=O) groups is 1. The van der Waals surface area contributed by atoms with E-state index in [1.165, 1.54) is 34.5 Å². The number of ether oxygens (including phenoxy) is 4. The molecule has 0 spiro atoms. The third-order valence-electron chi connectivity index (χ3n) is 3.59. The van der Waals surface area contributed by atoms with Gasteiger partial charge in [-0.1, -0.05) is 16.8 Å². The lowest BCUT2D eigenvalue weighted by molar-refractivity contribution is 0.0511. The van der Waals surface area contributed by atoms with Gasteiger partial charge in [-0.3, -0.25) is 0 Å². The molecule has 0 aromatic heterocycles. The summed E-state index contributed by atoms with van der Waals surface area (Å²) in [7, 11) is 5.76. The van der Waals surface area contributed by atoms with Crippen LogP contribution in [0.5, 0.6) is 23.0 Å². The molecule has 2 rings (SSSR count). The highest BCUT2D eigenvalue weighted by molar-refractivity contribution is 6.31. The van der Waals surface area contributed by atoms with Gasteiger partial charge >= 0.3 is 5.97 Å². The first-order chi connectivity index (χ1) is 13.0. The van der Waals surface area contributed by atoms with Gasteiger partial charge in [0.05, 0.1) is 34.0 Å². The van der Waals surface area contributed by atoms with Crippen molar-refractivity contribution in [2.75, 3.05) is 28.4 Å². The number of nitrogens with two attached hydrogens (primary N) is 1. The minimum Gasteiger partial charge on any atom is -0.496 e. The summed E-state index contributed by atoms with van der Waals surface area (Å²) in [6, 6.07) is 7.82. The maximum Gasteiger partial charge on any atom is 0.369 e. The van der Waals surface area contributed by atoms with E-state index in [9.17, 15) is 4.79 Å². The van der Waals surface area contributed by atoms with E-state index in [0.29, 0.717) is 22.1 Å². The Balaban J connectivity index is 2.33. The molecule has 8 nitrogen and oxygen atoms in total. The predicted octanol–water partition coefficient (Wildman–Crippen LogP) is 2.85. The van der Waals surface area contributed by atoms with Crippen LogP contribution in [-0.4, -0.2) is 40.2 Å². The molecule has 27 heavy (non-hydrogen) atoms. The van der Waals surface area contributed by atoms with Crippen LogP contribution in [0.1, 0.15) is 15.9 Å². The second-order valence-electron chi connectivity index (χ2n) is 5.08. The fourth-order valence-electron chi connectivity index (χ4n) is 2.33. The van der Waals surface area contributed by atoms with E-state index in [4.69, 9.17) is 41.1 Å². The van der Waals surface area contributed by atoms with Crippen molar-refractivity contribution >= 4 is 23.4 Å². The summed E-state index contributed by atoms with van der Waals surface area (Å²) in [5.41, 5.74) is 6.37. The smallest absolute Gasteiger partial charge is 0.369 e. The summed E-state index contributed by atoms with van der Waals surface area (Å²) >= 11 is 5.96. The number of hydrogen-bond acceptors (Lipinski definition) is 7. The molecule has 0 fully saturated rings. The number of methoxy groups -OCH3 is 4. The summed E-state index contributed by atoms with van der Waals surface area (Å²) in [6.45, 7) is 0. The minimum absolute atomic E-state index is 0.0813. The van der Waals surface area contributed by atoms with Crippen molar-refractivity contribution in [3.05, 3.63) is 46.5 Å². The third kappa shape index (κ3) is 4.35. The highest BCUT2D eigenvalue weighted by Gasteiger charge is 2.22. The van der Waals surface area contributed by atoms with Gasteiger partial charge in [-0.15, -0.1) is 0 Å². The monoisotopic (exact) mass is 394 g/mol. The van der Waals surface area contributed by atoms with Crippen molar-refractivity contribution in [1.29, 1.82) is 0 Å². The number of rotatable bonds is 7. The maximum atomic E-state index is 12.4. The van der Waals surface area contributed by atoms with Crippen LogP contribution in [0.2, 0.25) is 5.02 Å². The number of carbonyl (C=O) groups excluding carboxylic acids is 1. The second kappa shape index (κ2) is 9.00. The van der Waals surface area contributed by atoms with Crippen molar-refractivity contribution in [2.24, 2.45) is 10.9 Å². The van der Waals surface area contributed by atoms with E-state index in [1.807, 2.05) is 0 Å². The van der Waals surface area contributed by atoms with Gasteiger partial charge < -0.3 is 29.5 Å². The third-order valence-corrected chi connectivity index (χ3v) is 3.82. The van der Waals surface area contributed by atoms with Gasteiger partial charge in [0.15, 0.2) is 17.3 Å². The van der Waals surface area contributed by atoms with Crippen LogP contribution in [0.3, 0.4) is 0 Å². The molecule has 0 amide bonds. The van der Waals surface area contributed by atoms with E-state index in [-0.39, 0.29) is 22.9 Å². The van der Waals surface area contributed by atoms with Crippen LogP contribution in [0.4, 0.5) is 0 Å². The molecule has 0 unspecified atom stereocenters. The molecule has 0 atom stereocenters. The van der Waals surface area contributed by atoms with E-state index in [2.05, 4.69) is 5.16 Å². The number of amidine groups is 1. The lowest BCUT2D eigenvalue weighted by Gasteiger charge is -2.14. The fourth-order valence-corrected chi connectivity index (χ4v) is 2.50. The van der Waals surface area contributed by atoms with Gasteiger partial charge in [-0.05, 0) is 30.3 Å². The predicted molar refractivity (Wildman–Crippen MR) is 100 cm³/mol. The van der Waals surface area contributed by atoms with Gasteiger partial charge in [0, 0.05) is 5.02 Å².